The predicted octanol–water partition coefficient (Wildman–Crippen LogP) is 5.52. The summed E-state index contributed by atoms with van der Waals surface area (Å²) >= 11 is 0. The molecule has 2 amide bonds. The molecule has 2 atom stereocenters. The molecular formula is C46H62N10O6S2. The third-order valence-electron chi connectivity index (χ3n) is 14.0. The van der Waals surface area contributed by atoms with E-state index < -0.39 is 26.1 Å². The molecule has 2 aromatic heterocycles. The molecule has 0 spiro atoms. The maximum absolute atomic E-state index is 12.9. The Kier molecular flexibility index (Phi) is 13.0. The third kappa shape index (κ3) is 9.32. The van der Waals surface area contributed by atoms with Crippen molar-refractivity contribution >= 4 is 31.8 Å². The number of hydrogen-bond donors (Lipinski definition) is 3. The Morgan fingerprint density at radius 3 is 1.52 bits per heavy atom. The molecule has 2 saturated heterocycles. The van der Waals surface area contributed by atoms with Crippen molar-refractivity contribution in [3.05, 3.63) is 80.2 Å². The molecule has 6 aliphatic rings. The number of anilines is 1. The second-order valence-corrected chi connectivity index (χ2v) is 21.9. The lowest BCUT2D eigenvalue weighted by Gasteiger charge is -2.41. The van der Waals surface area contributed by atoms with Gasteiger partial charge in [-0.1, -0.05) is 26.0 Å². The number of hydrogen-bond acceptors (Lipinski definition) is 11. The molecule has 4 heterocycles. The van der Waals surface area contributed by atoms with Crippen LogP contribution in [0.3, 0.4) is 0 Å². The second kappa shape index (κ2) is 18.2. The summed E-state index contributed by atoms with van der Waals surface area (Å²) in [5, 5.41) is 24.6. The molecule has 0 radical (unpaired) electrons. The van der Waals surface area contributed by atoms with Crippen LogP contribution >= 0.6 is 0 Å². The van der Waals surface area contributed by atoms with E-state index in [1.54, 1.807) is 35.6 Å². The molecule has 2 aromatic carbocycles. The number of nitrogens with one attached hydrogen (secondary N) is 2. The highest BCUT2D eigenvalue weighted by Crippen LogP contribution is 2.41. The van der Waals surface area contributed by atoms with Gasteiger partial charge in [0.05, 0.1) is 11.4 Å². The largest absolute Gasteiger partial charge is 0.387 e. The average Bonchev–Trinajstić information content (AvgIpc) is 4.07. The van der Waals surface area contributed by atoms with Crippen molar-refractivity contribution in [1.29, 1.82) is 5.26 Å². The van der Waals surface area contributed by atoms with Crippen LogP contribution in [0.5, 0.6) is 5.75 Å². The fourth-order valence-corrected chi connectivity index (χ4v) is 12.1. The first-order valence-electron chi connectivity index (χ1n) is 22.7. The molecule has 18 heteroatoms. The number of ether oxygens (including phenoxy) is 1. The molecule has 2 fully saturated rings. The number of sulfonamides is 2. The van der Waals surface area contributed by atoms with Gasteiger partial charge < -0.3 is 10.1 Å². The molecule has 64 heavy (non-hydrogen) atoms. The first-order valence-corrected chi connectivity index (χ1v) is 25.8. The summed E-state index contributed by atoms with van der Waals surface area (Å²) in [4.78, 5) is 17.4. The number of aryl methyl sites for hydroxylation is 6. The van der Waals surface area contributed by atoms with Crippen LogP contribution in [0, 0.1) is 23.4 Å². The zero-order valence-corrected chi connectivity index (χ0v) is 39.5. The number of nitrogens with zero attached hydrogens (tertiary/aromatic N) is 7. The number of fused-ring (bicyclic) bond motifs is 4. The van der Waals surface area contributed by atoms with Crippen molar-refractivity contribution in [2.75, 3.05) is 31.5 Å². The minimum atomic E-state index is -4.08. The Morgan fingerprint density at radius 2 is 1.11 bits per heavy atom. The van der Waals surface area contributed by atoms with Gasteiger partial charge in [-0.15, -0.1) is 5.26 Å². The number of urea groups is 1. The number of nitriles is 1. The number of carbonyl (C=O) groups excluding carboxylic acids is 1. The minimum Gasteiger partial charge on any atom is -0.387 e. The van der Waals surface area contributed by atoms with Crippen molar-refractivity contribution in [3.63, 3.8) is 0 Å². The molecule has 16 nitrogen and oxygen atoms in total. The van der Waals surface area contributed by atoms with E-state index >= 15 is 0 Å². The van der Waals surface area contributed by atoms with E-state index in [0.29, 0.717) is 11.8 Å². The predicted molar refractivity (Wildman–Crippen MR) is 243 cm³/mol. The van der Waals surface area contributed by atoms with Crippen LogP contribution in [0.25, 0.3) is 0 Å². The number of primary sulfonamides is 1. The summed E-state index contributed by atoms with van der Waals surface area (Å²) in [7, 11) is -4.31. The number of likely N-dealkylation sites (tertiary alicyclic amines) is 2. The molecule has 0 saturated carbocycles. The standard InChI is InChI=1S/C23H31N5O3S.C13H13NO.C10H18N4O2S/c1-14-12-28(13-14)15(2)20-11-21(25-27(20)3)32(30,31)26-23(29)24-22-18-8-4-6-16(18)10-17-7-5-9-19(17)22;14-8-15-13-11-5-1-3-9(11)7-10-4-2-6-12(10)13;1-7-5-14(6-7)8(2)9-4-10(12-13(9)3)17(11,15)16/h10-11,14-15H,4-9,12-13H2,1-3H3,(H2,24,26,29);7H,1-6H2;4,7-8H,5-6H2,1-3H3,(H2,11,15,16). The van der Waals surface area contributed by atoms with Crippen molar-refractivity contribution in [1.82, 2.24) is 34.1 Å². The van der Waals surface area contributed by atoms with Gasteiger partial charge in [0.25, 0.3) is 26.3 Å². The van der Waals surface area contributed by atoms with Gasteiger partial charge in [0, 0.05) is 70.2 Å². The van der Waals surface area contributed by atoms with Crippen LogP contribution in [-0.2, 0) is 85.5 Å². The summed E-state index contributed by atoms with van der Waals surface area (Å²) in [6.45, 7) is 12.5. The monoisotopic (exact) mass is 914 g/mol. The van der Waals surface area contributed by atoms with Crippen molar-refractivity contribution in [2.45, 2.75) is 127 Å². The lowest BCUT2D eigenvalue weighted by molar-refractivity contribution is 0.0666. The van der Waals surface area contributed by atoms with E-state index in [1.165, 1.54) is 46.2 Å². The average molecular weight is 915 g/mol. The molecule has 4 aliphatic carbocycles. The summed E-state index contributed by atoms with van der Waals surface area (Å²) in [6.07, 6.45) is 14.7. The Bertz CT molecular complexity index is 2640. The van der Waals surface area contributed by atoms with Crippen molar-refractivity contribution in [2.24, 2.45) is 31.1 Å². The Labute approximate surface area is 377 Å². The van der Waals surface area contributed by atoms with Crippen LogP contribution in [0.15, 0.2) is 34.3 Å². The van der Waals surface area contributed by atoms with Gasteiger partial charge in [-0.3, -0.25) is 19.2 Å². The fraction of sp³-hybridized carbons (Fsp3) is 0.565. The maximum Gasteiger partial charge on any atom is 0.333 e. The molecule has 2 aliphatic heterocycles. The molecule has 4 aromatic rings. The lowest BCUT2D eigenvalue weighted by atomic mass is 9.99. The highest BCUT2D eigenvalue weighted by atomic mass is 32.2. The van der Waals surface area contributed by atoms with Crippen molar-refractivity contribution < 1.29 is 26.4 Å². The van der Waals surface area contributed by atoms with Gasteiger partial charge >= 0.3 is 6.03 Å². The summed E-state index contributed by atoms with van der Waals surface area (Å²) in [5.74, 6) is 2.27. The molecule has 0 bridgehead atoms. The summed E-state index contributed by atoms with van der Waals surface area (Å²) < 4.78 is 58.9. The van der Waals surface area contributed by atoms with Gasteiger partial charge in [0.2, 0.25) is 0 Å². The lowest BCUT2D eigenvalue weighted by Crippen LogP contribution is -2.46. The van der Waals surface area contributed by atoms with E-state index in [9.17, 15) is 21.6 Å². The van der Waals surface area contributed by atoms with Crippen molar-refractivity contribution in [3.8, 4) is 12.0 Å². The van der Waals surface area contributed by atoms with Gasteiger partial charge in [-0.2, -0.15) is 18.6 Å². The highest BCUT2D eigenvalue weighted by molar-refractivity contribution is 7.90. The normalized spacial score (nSPS) is 19.0. The quantitative estimate of drug-likeness (QED) is 0.178. The van der Waals surface area contributed by atoms with Crippen LogP contribution in [0.1, 0.15) is 121 Å². The van der Waals surface area contributed by atoms with E-state index in [0.717, 1.165) is 124 Å². The number of nitrogens with two attached hydrogens (primary N) is 1. The van der Waals surface area contributed by atoms with Crippen LogP contribution in [0.4, 0.5) is 10.5 Å². The first kappa shape index (κ1) is 45.8. The third-order valence-corrected chi connectivity index (χ3v) is 16.0. The SMILES string of the molecule is CC1CN(C(C)c2cc(S(=O)(=O)NC(=O)Nc3c4c(cc5c3CCC5)CCC4)nn2C)C1.CC1CN(C(C)c2cc(S(N)(=O)=O)nn2C)C1.N#COc1c2c(cc3c1CCC3)CCC2. The van der Waals surface area contributed by atoms with E-state index in [-0.39, 0.29) is 22.1 Å². The zero-order chi connectivity index (χ0) is 45.7. The molecular weight excluding hydrogens is 853 g/mol. The maximum atomic E-state index is 12.9. The Morgan fingerprint density at radius 1 is 0.703 bits per heavy atom. The number of benzene rings is 2. The molecule has 344 valence electrons. The number of carbonyl (C=O) groups is 1. The number of amides is 2. The summed E-state index contributed by atoms with van der Waals surface area (Å²) in [5.41, 5.74) is 12.8. The van der Waals surface area contributed by atoms with Gasteiger partial charge in [0.1, 0.15) is 5.75 Å². The van der Waals surface area contributed by atoms with E-state index in [4.69, 9.17) is 15.1 Å². The fourth-order valence-electron chi connectivity index (χ4n) is 10.7. The van der Waals surface area contributed by atoms with Gasteiger partial charge in [-0.25, -0.2) is 23.1 Å². The smallest absolute Gasteiger partial charge is 0.333 e. The Balaban J connectivity index is 0.000000146. The number of aromatic nitrogens is 4. The van der Waals surface area contributed by atoms with E-state index in [1.807, 2.05) is 6.26 Å². The highest BCUT2D eigenvalue weighted by Gasteiger charge is 2.33. The first-order chi connectivity index (χ1) is 30.4. The topological polar surface area (TPSA) is 211 Å². The van der Waals surface area contributed by atoms with Crippen LogP contribution in [-0.4, -0.2) is 78.4 Å². The second-order valence-electron chi connectivity index (χ2n) is 18.8. The number of rotatable bonds is 9. The molecule has 2 unspecified atom stereocenters. The van der Waals surface area contributed by atoms with Gasteiger partial charge in [-0.05, 0) is 147 Å². The van der Waals surface area contributed by atoms with Gasteiger partial charge in [0.15, 0.2) is 10.1 Å². The minimum absolute atomic E-state index is 0.0598. The Hall–Kier alpha value is -4.80. The summed E-state index contributed by atoms with van der Waals surface area (Å²) in [6, 6.07) is 7.25. The van der Waals surface area contributed by atoms with E-state index in [2.05, 4.69) is 69.9 Å². The molecule has 4 N–H and O–H groups in total. The van der Waals surface area contributed by atoms with Crippen LogP contribution in [0.2, 0.25) is 0 Å². The zero-order valence-electron chi connectivity index (χ0n) is 37.9. The molecule has 10 rings (SSSR count). The van der Waals surface area contributed by atoms with Crippen LogP contribution < -0.4 is 19.9 Å².